The van der Waals surface area contributed by atoms with E-state index in [2.05, 4.69) is 32.9 Å². The zero-order valence-corrected chi connectivity index (χ0v) is 14.4. The van der Waals surface area contributed by atoms with Gasteiger partial charge in [-0.15, -0.1) is 0 Å². The van der Waals surface area contributed by atoms with Crippen LogP contribution in [0, 0.1) is 0 Å². The summed E-state index contributed by atoms with van der Waals surface area (Å²) >= 11 is 10.6. The lowest BCUT2D eigenvalue weighted by atomic mass is 9.85. The molecule has 0 aliphatic carbocycles. The van der Waals surface area contributed by atoms with Gasteiger partial charge in [-0.05, 0) is 67.5 Å². The summed E-state index contributed by atoms with van der Waals surface area (Å²) in [4.78, 5) is 0. The topological polar surface area (TPSA) is 18.5 Å². The number of hydrogen-bond donors (Lipinski definition) is 0. The van der Waals surface area contributed by atoms with Crippen molar-refractivity contribution >= 4 is 34.5 Å². The molecule has 0 bridgehead atoms. The summed E-state index contributed by atoms with van der Waals surface area (Å²) in [7, 11) is 0. The molecule has 0 unspecified atom stereocenters. The van der Waals surface area contributed by atoms with Gasteiger partial charge in [-0.3, -0.25) is 0 Å². The predicted molar refractivity (Wildman–Crippen MR) is 91.8 cm³/mol. The van der Waals surface area contributed by atoms with Gasteiger partial charge in [0.05, 0.1) is 13.2 Å². The van der Waals surface area contributed by atoms with Crippen molar-refractivity contribution in [1.82, 2.24) is 0 Å². The van der Waals surface area contributed by atoms with Gasteiger partial charge in [-0.25, -0.2) is 0 Å². The van der Waals surface area contributed by atoms with Crippen molar-refractivity contribution in [2.45, 2.75) is 40.0 Å². The number of thiocarbonyl (C=S) groups is 2. The second-order valence-corrected chi connectivity index (χ2v) is 6.23. The number of hydrogen-bond acceptors (Lipinski definition) is 4. The molecular formula is C16H22O2S2. The molecule has 0 N–H and O–H groups in total. The molecule has 0 amide bonds. The van der Waals surface area contributed by atoms with Crippen molar-refractivity contribution in [1.29, 1.82) is 0 Å². The first-order valence-corrected chi connectivity index (χ1v) is 7.61. The molecule has 0 saturated heterocycles. The summed E-state index contributed by atoms with van der Waals surface area (Å²) in [5, 5.41) is 0.998. The van der Waals surface area contributed by atoms with E-state index in [1.54, 1.807) is 0 Å². The molecule has 0 heterocycles. The van der Waals surface area contributed by atoms with Crippen LogP contribution in [0.25, 0.3) is 0 Å². The first-order valence-electron chi connectivity index (χ1n) is 6.79. The molecule has 0 atom stereocenters. The highest BCUT2D eigenvalue weighted by Gasteiger charge is 2.18. The van der Waals surface area contributed by atoms with Gasteiger partial charge in [0.25, 0.3) is 0 Å². The van der Waals surface area contributed by atoms with Crippen LogP contribution in [-0.2, 0) is 14.9 Å². The molecule has 0 aliphatic rings. The zero-order chi connectivity index (χ0) is 15.3. The molecule has 1 rings (SSSR count). The lowest BCUT2D eigenvalue weighted by Crippen LogP contribution is -2.15. The summed E-state index contributed by atoms with van der Waals surface area (Å²) in [6.45, 7) is 11.4. The Kier molecular flexibility index (Phi) is 6.08. The largest absolute Gasteiger partial charge is 0.483 e. The number of rotatable bonds is 4. The highest BCUT2D eigenvalue weighted by Crippen LogP contribution is 2.25. The Labute approximate surface area is 132 Å². The highest BCUT2D eigenvalue weighted by molar-refractivity contribution is 7.80. The average molecular weight is 310 g/mol. The van der Waals surface area contributed by atoms with Crippen LogP contribution in [0.15, 0.2) is 18.2 Å². The summed E-state index contributed by atoms with van der Waals surface area (Å²) in [6.07, 6.45) is 0. The Bertz CT molecular complexity index is 465. The standard InChI is InChI=1S/C16H22O2S2/c1-6-17-14(19)11-8-12(15(20)18-7-2)10-13(9-11)16(3,4)5/h8-10H,6-7H2,1-5H3. The van der Waals surface area contributed by atoms with Crippen molar-refractivity contribution < 1.29 is 9.47 Å². The lowest BCUT2D eigenvalue weighted by Gasteiger charge is -2.21. The maximum Gasteiger partial charge on any atom is 0.191 e. The Balaban J connectivity index is 3.28. The fraction of sp³-hybridized carbons (Fsp3) is 0.500. The van der Waals surface area contributed by atoms with E-state index in [4.69, 9.17) is 33.9 Å². The average Bonchev–Trinajstić information content (AvgIpc) is 2.37. The Hall–Kier alpha value is -1.00. The molecule has 1 aromatic carbocycles. The maximum atomic E-state index is 5.44. The van der Waals surface area contributed by atoms with Crippen molar-refractivity contribution in [2.75, 3.05) is 13.2 Å². The summed E-state index contributed by atoms with van der Waals surface area (Å²) in [6, 6.07) is 6.07. The minimum atomic E-state index is 0.00835. The van der Waals surface area contributed by atoms with E-state index < -0.39 is 0 Å². The van der Waals surface area contributed by atoms with Gasteiger partial charge in [0.1, 0.15) is 0 Å². The second-order valence-electron chi connectivity index (χ2n) is 5.49. The molecule has 2 nitrogen and oxygen atoms in total. The van der Waals surface area contributed by atoms with Crippen LogP contribution in [0.5, 0.6) is 0 Å². The van der Waals surface area contributed by atoms with Gasteiger partial charge in [0.15, 0.2) is 10.1 Å². The Morgan fingerprint density at radius 2 is 1.30 bits per heavy atom. The fourth-order valence-corrected chi connectivity index (χ4v) is 2.20. The fourth-order valence-electron chi connectivity index (χ4n) is 1.73. The van der Waals surface area contributed by atoms with Crippen LogP contribution in [0.2, 0.25) is 0 Å². The van der Waals surface area contributed by atoms with Crippen LogP contribution < -0.4 is 0 Å². The van der Waals surface area contributed by atoms with E-state index in [1.165, 1.54) is 0 Å². The van der Waals surface area contributed by atoms with Crippen molar-refractivity contribution in [2.24, 2.45) is 0 Å². The maximum absolute atomic E-state index is 5.44. The first-order chi connectivity index (χ1) is 9.29. The second kappa shape index (κ2) is 7.14. The van der Waals surface area contributed by atoms with Crippen molar-refractivity contribution in [3.63, 3.8) is 0 Å². The summed E-state index contributed by atoms with van der Waals surface area (Å²) < 4.78 is 10.9. The molecule has 0 spiro atoms. The van der Waals surface area contributed by atoms with E-state index >= 15 is 0 Å². The third-order valence-electron chi connectivity index (χ3n) is 2.82. The third-order valence-corrected chi connectivity index (χ3v) is 3.53. The minimum absolute atomic E-state index is 0.00835. The molecule has 4 heteroatoms. The van der Waals surface area contributed by atoms with Crippen LogP contribution in [0.1, 0.15) is 51.3 Å². The molecule has 0 aromatic heterocycles. The smallest absolute Gasteiger partial charge is 0.191 e. The van der Waals surface area contributed by atoms with Gasteiger partial charge in [-0.1, -0.05) is 20.8 Å². The molecule has 0 fully saturated rings. The molecule has 0 radical (unpaired) electrons. The molecule has 0 saturated carbocycles. The minimum Gasteiger partial charge on any atom is -0.483 e. The van der Waals surface area contributed by atoms with Crippen LogP contribution in [-0.4, -0.2) is 23.3 Å². The Morgan fingerprint density at radius 1 is 0.900 bits per heavy atom. The van der Waals surface area contributed by atoms with E-state index in [9.17, 15) is 0 Å². The highest BCUT2D eigenvalue weighted by atomic mass is 32.1. The Morgan fingerprint density at radius 3 is 1.60 bits per heavy atom. The quantitative estimate of drug-likeness (QED) is 0.767. The van der Waals surface area contributed by atoms with Crippen LogP contribution in [0.3, 0.4) is 0 Å². The van der Waals surface area contributed by atoms with E-state index in [0.29, 0.717) is 23.3 Å². The van der Waals surface area contributed by atoms with Crippen LogP contribution >= 0.6 is 24.4 Å². The predicted octanol–water partition coefficient (Wildman–Crippen LogP) is 4.41. The SMILES string of the molecule is CCOC(=S)c1cc(C(=S)OCC)cc(C(C)(C)C)c1. The molecule has 20 heavy (non-hydrogen) atoms. The van der Waals surface area contributed by atoms with Crippen LogP contribution in [0.4, 0.5) is 0 Å². The van der Waals surface area contributed by atoms with E-state index in [0.717, 1.165) is 16.7 Å². The van der Waals surface area contributed by atoms with Gasteiger partial charge in [0.2, 0.25) is 0 Å². The van der Waals surface area contributed by atoms with E-state index in [1.807, 2.05) is 19.9 Å². The molecule has 0 aliphatic heterocycles. The number of ether oxygens (including phenoxy) is 2. The monoisotopic (exact) mass is 310 g/mol. The summed E-state index contributed by atoms with van der Waals surface area (Å²) in [5.74, 6) is 0. The van der Waals surface area contributed by atoms with Gasteiger partial charge in [-0.2, -0.15) is 0 Å². The van der Waals surface area contributed by atoms with Gasteiger partial charge in [0, 0.05) is 11.1 Å². The van der Waals surface area contributed by atoms with Gasteiger partial charge < -0.3 is 9.47 Å². The lowest BCUT2D eigenvalue weighted by molar-refractivity contribution is 0.336. The zero-order valence-electron chi connectivity index (χ0n) is 12.8. The van der Waals surface area contributed by atoms with Crippen molar-refractivity contribution in [3.05, 3.63) is 34.9 Å². The normalized spacial score (nSPS) is 11.1. The molecule has 1 aromatic rings. The van der Waals surface area contributed by atoms with Gasteiger partial charge >= 0.3 is 0 Å². The molecule has 110 valence electrons. The third kappa shape index (κ3) is 4.53. The van der Waals surface area contributed by atoms with Crippen molar-refractivity contribution in [3.8, 4) is 0 Å². The first kappa shape index (κ1) is 17.1. The van der Waals surface area contributed by atoms with E-state index in [-0.39, 0.29) is 5.41 Å². The summed E-state index contributed by atoms with van der Waals surface area (Å²) in [5.41, 5.74) is 2.93. The number of benzene rings is 1. The molecular weight excluding hydrogens is 288 g/mol.